The van der Waals surface area contributed by atoms with Gasteiger partial charge in [0.25, 0.3) is 0 Å². The lowest BCUT2D eigenvalue weighted by atomic mass is 10.1. The van der Waals surface area contributed by atoms with Crippen molar-refractivity contribution in [3.8, 4) is 23.5 Å². The fourth-order valence-corrected chi connectivity index (χ4v) is 3.45. The van der Waals surface area contributed by atoms with E-state index < -0.39 is 0 Å². The maximum Gasteiger partial charge on any atom is 0.228 e. The van der Waals surface area contributed by atoms with Crippen molar-refractivity contribution in [1.82, 2.24) is 10.3 Å². The number of hydrogen-bond donors (Lipinski definition) is 1. The summed E-state index contributed by atoms with van der Waals surface area (Å²) in [6, 6.07) is 11.5. The van der Waals surface area contributed by atoms with Crippen molar-refractivity contribution in [1.29, 1.82) is 0 Å². The van der Waals surface area contributed by atoms with Crippen LogP contribution >= 0.6 is 0 Å². The molecule has 0 bridgehead atoms. The van der Waals surface area contributed by atoms with E-state index in [9.17, 15) is 4.79 Å². The number of benzene rings is 2. The van der Waals surface area contributed by atoms with Crippen LogP contribution in [0.1, 0.15) is 29.5 Å². The van der Waals surface area contributed by atoms with Gasteiger partial charge in [0, 0.05) is 23.6 Å². The van der Waals surface area contributed by atoms with E-state index in [4.69, 9.17) is 16.0 Å². The highest BCUT2D eigenvalue weighted by Crippen LogP contribution is 2.37. The minimum absolute atomic E-state index is 0.0326. The Morgan fingerprint density at radius 3 is 2.71 bits per heavy atom. The van der Waals surface area contributed by atoms with Crippen LogP contribution in [0.4, 0.5) is 5.69 Å². The van der Waals surface area contributed by atoms with Crippen LogP contribution in [0.3, 0.4) is 0 Å². The van der Waals surface area contributed by atoms with E-state index >= 15 is 0 Å². The third-order valence-corrected chi connectivity index (χ3v) is 5.17. The monoisotopic (exact) mass is 411 g/mol. The van der Waals surface area contributed by atoms with Crippen molar-refractivity contribution in [3.05, 3.63) is 70.7 Å². The number of pyridine rings is 1. The SMILES string of the molecule is [C-]#[N+]c1cc2c(C#Cc3ccc(C)cc3)cnc(OC[C@@H]3CCC(=O)N3)c2cc1OC. The van der Waals surface area contributed by atoms with Gasteiger partial charge in [-0.25, -0.2) is 9.83 Å². The van der Waals surface area contributed by atoms with Gasteiger partial charge in [0.05, 0.1) is 25.3 Å². The predicted molar refractivity (Wildman–Crippen MR) is 118 cm³/mol. The van der Waals surface area contributed by atoms with Gasteiger partial charge in [0.15, 0.2) is 0 Å². The van der Waals surface area contributed by atoms with Crippen LogP contribution in [-0.2, 0) is 4.79 Å². The Hall–Kier alpha value is -4.03. The van der Waals surface area contributed by atoms with Crippen molar-refractivity contribution >= 4 is 22.4 Å². The number of ether oxygens (including phenoxy) is 2. The Balaban J connectivity index is 1.74. The zero-order valence-corrected chi connectivity index (χ0v) is 17.4. The molecule has 1 aromatic heterocycles. The molecular formula is C25H21N3O3. The van der Waals surface area contributed by atoms with Crippen LogP contribution in [0, 0.1) is 25.3 Å². The number of hydrogen-bond acceptors (Lipinski definition) is 4. The number of carbonyl (C=O) groups is 1. The molecule has 31 heavy (non-hydrogen) atoms. The Labute approximate surface area is 181 Å². The van der Waals surface area contributed by atoms with E-state index in [1.165, 1.54) is 12.7 Å². The average Bonchev–Trinajstić information content (AvgIpc) is 3.21. The summed E-state index contributed by atoms with van der Waals surface area (Å²) in [6.07, 6.45) is 2.91. The minimum Gasteiger partial charge on any atom is -0.508 e. The molecule has 0 unspecified atom stereocenters. The van der Waals surface area contributed by atoms with Crippen molar-refractivity contribution in [2.24, 2.45) is 0 Å². The zero-order chi connectivity index (χ0) is 21.8. The highest BCUT2D eigenvalue weighted by atomic mass is 16.5. The molecular weight excluding hydrogens is 390 g/mol. The maximum absolute atomic E-state index is 11.4. The summed E-state index contributed by atoms with van der Waals surface area (Å²) in [6.45, 7) is 9.84. The average molecular weight is 411 g/mol. The number of methoxy groups -OCH3 is 1. The van der Waals surface area contributed by atoms with Gasteiger partial charge in [-0.2, -0.15) is 0 Å². The number of rotatable bonds is 4. The maximum atomic E-state index is 11.4. The summed E-state index contributed by atoms with van der Waals surface area (Å²) in [7, 11) is 1.53. The number of nitrogens with zero attached hydrogens (tertiary/aromatic N) is 2. The van der Waals surface area contributed by atoms with Crippen molar-refractivity contribution in [2.45, 2.75) is 25.8 Å². The molecule has 1 aliphatic rings. The molecule has 0 spiro atoms. The fraction of sp³-hybridized carbons (Fsp3) is 0.240. The molecule has 2 heterocycles. The van der Waals surface area contributed by atoms with Crippen LogP contribution in [0.15, 0.2) is 42.6 Å². The third kappa shape index (κ3) is 4.44. The van der Waals surface area contributed by atoms with Crippen molar-refractivity contribution in [3.63, 3.8) is 0 Å². The second-order valence-electron chi connectivity index (χ2n) is 7.39. The molecule has 6 nitrogen and oxygen atoms in total. The molecule has 3 aromatic rings. The molecule has 1 N–H and O–H groups in total. The van der Waals surface area contributed by atoms with Gasteiger partial charge in [0.2, 0.25) is 17.5 Å². The van der Waals surface area contributed by atoms with E-state index in [0.717, 1.165) is 17.4 Å². The van der Waals surface area contributed by atoms with Crippen LogP contribution in [0.25, 0.3) is 15.6 Å². The minimum atomic E-state index is -0.0326. The van der Waals surface area contributed by atoms with Gasteiger partial charge in [-0.1, -0.05) is 29.5 Å². The van der Waals surface area contributed by atoms with Crippen LogP contribution in [0.2, 0.25) is 0 Å². The first-order valence-corrected chi connectivity index (χ1v) is 9.96. The smallest absolute Gasteiger partial charge is 0.228 e. The lowest BCUT2D eigenvalue weighted by Crippen LogP contribution is -2.31. The van der Waals surface area contributed by atoms with Gasteiger partial charge in [-0.3, -0.25) is 4.79 Å². The molecule has 0 saturated carbocycles. The number of fused-ring (bicyclic) bond motifs is 1. The summed E-state index contributed by atoms with van der Waals surface area (Å²) in [5.74, 6) is 7.25. The lowest BCUT2D eigenvalue weighted by molar-refractivity contribution is -0.119. The Morgan fingerprint density at radius 1 is 1.23 bits per heavy atom. The normalized spacial score (nSPS) is 15.0. The van der Waals surface area contributed by atoms with Gasteiger partial charge in [0.1, 0.15) is 12.4 Å². The highest BCUT2D eigenvalue weighted by molar-refractivity contribution is 5.96. The zero-order valence-electron chi connectivity index (χ0n) is 17.4. The van der Waals surface area contributed by atoms with Crippen molar-refractivity contribution in [2.75, 3.05) is 13.7 Å². The largest absolute Gasteiger partial charge is 0.508 e. The first-order valence-electron chi connectivity index (χ1n) is 9.96. The quantitative estimate of drug-likeness (QED) is 0.517. The third-order valence-electron chi connectivity index (χ3n) is 5.17. The summed E-state index contributed by atoms with van der Waals surface area (Å²) >= 11 is 0. The van der Waals surface area contributed by atoms with Gasteiger partial charge < -0.3 is 14.8 Å². The van der Waals surface area contributed by atoms with Crippen LogP contribution in [0.5, 0.6) is 11.6 Å². The van der Waals surface area contributed by atoms with Crippen LogP contribution < -0.4 is 14.8 Å². The van der Waals surface area contributed by atoms with Gasteiger partial charge >= 0.3 is 0 Å². The van der Waals surface area contributed by atoms with Gasteiger partial charge in [-0.15, -0.1) is 0 Å². The predicted octanol–water partition coefficient (Wildman–Crippen LogP) is 4.16. The highest BCUT2D eigenvalue weighted by Gasteiger charge is 2.22. The first kappa shape index (κ1) is 20.3. The van der Waals surface area contributed by atoms with E-state index in [1.807, 2.05) is 31.2 Å². The van der Waals surface area contributed by atoms with E-state index in [-0.39, 0.29) is 11.9 Å². The summed E-state index contributed by atoms with van der Waals surface area (Å²) in [5.41, 5.74) is 3.17. The molecule has 154 valence electrons. The standard InChI is InChI=1S/C25H21N3O3/c1-16-4-6-17(7-5-16)8-9-18-14-27-25(31-15-19-10-11-24(29)28-19)21-13-23(30-3)22(26-2)12-20(18)21/h4-7,12-14,19H,10-11,15H2,1,3H3,(H,28,29)/t19-/m0/s1. The summed E-state index contributed by atoms with van der Waals surface area (Å²) in [5, 5.41) is 4.37. The molecule has 1 fully saturated rings. The topological polar surface area (TPSA) is 64.8 Å². The number of nitrogens with one attached hydrogen (secondary N) is 1. The van der Waals surface area contributed by atoms with Crippen LogP contribution in [-0.4, -0.2) is 30.6 Å². The number of aromatic nitrogens is 1. The second kappa shape index (κ2) is 8.77. The lowest BCUT2D eigenvalue weighted by Gasteiger charge is -2.14. The molecule has 1 atom stereocenters. The Morgan fingerprint density at radius 2 is 2.03 bits per heavy atom. The number of carbonyl (C=O) groups excluding carboxylic acids is 1. The first-order chi connectivity index (χ1) is 15.1. The number of amides is 1. The van der Waals surface area contributed by atoms with Gasteiger partial charge in [-0.05, 0) is 43.0 Å². The Kier molecular flexibility index (Phi) is 5.73. The molecule has 1 amide bonds. The molecule has 1 aliphatic heterocycles. The Bertz CT molecular complexity index is 1250. The molecule has 2 aromatic carbocycles. The fourth-order valence-electron chi connectivity index (χ4n) is 3.45. The summed E-state index contributed by atoms with van der Waals surface area (Å²) in [4.78, 5) is 19.5. The molecule has 1 saturated heterocycles. The summed E-state index contributed by atoms with van der Waals surface area (Å²) < 4.78 is 11.3. The molecule has 0 aliphatic carbocycles. The second-order valence-corrected chi connectivity index (χ2v) is 7.39. The molecule has 4 rings (SSSR count). The van der Waals surface area contributed by atoms with E-state index in [0.29, 0.717) is 41.3 Å². The van der Waals surface area contributed by atoms with E-state index in [2.05, 4.69) is 27.0 Å². The van der Waals surface area contributed by atoms with Crippen molar-refractivity contribution < 1.29 is 14.3 Å². The molecule has 6 heteroatoms. The number of aryl methyl sites for hydroxylation is 1. The van der Waals surface area contributed by atoms with E-state index in [1.54, 1.807) is 18.3 Å². The molecule has 0 radical (unpaired) electrons.